The molecular formula is C15H14N2O. The second kappa shape index (κ2) is 5.19. The van der Waals surface area contributed by atoms with Crippen LogP contribution < -0.4 is 11.5 Å². The average Bonchev–Trinajstić information content (AvgIpc) is 2.38. The Bertz CT molecular complexity index is 589. The molecule has 0 heterocycles. The fourth-order valence-corrected chi connectivity index (χ4v) is 1.61. The number of benzene rings is 2. The Labute approximate surface area is 106 Å². The van der Waals surface area contributed by atoms with Gasteiger partial charge in [-0.1, -0.05) is 36.4 Å². The first-order valence-corrected chi connectivity index (χ1v) is 5.59. The van der Waals surface area contributed by atoms with Crippen molar-refractivity contribution < 1.29 is 4.79 Å². The molecule has 18 heavy (non-hydrogen) atoms. The number of ketones is 1. The molecule has 0 aliphatic carbocycles. The molecule has 0 saturated carbocycles. The summed E-state index contributed by atoms with van der Waals surface area (Å²) < 4.78 is 0. The van der Waals surface area contributed by atoms with Crippen LogP contribution in [0.25, 0.3) is 6.08 Å². The zero-order valence-electron chi connectivity index (χ0n) is 9.84. The van der Waals surface area contributed by atoms with Crippen LogP contribution in [0.3, 0.4) is 0 Å². The van der Waals surface area contributed by atoms with Crippen molar-refractivity contribution in [3.63, 3.8) is 0 Å². The number of nitrogen functional groups attached to an aromatic ring is 2. The second-order valence-corrected chi connectivity index (χ2v) is 3.95. The van der Waals surface area contributed by atoms with E-state index < -0.39 is 0 Å². The SMILES string of the molecule is Nc1ccc(C=CC(=O)c2ccccc2)c(N)c1. The summed E-state index contributed by atoms with van der Waals surface area (Å²) in [7, 11) is 0. The van der Waals surface area contributed by atoms with Gasteiger partial charge in [0.25, 0.3) is 0 Å². The van der Waals surface area contributed by atoms with Crippen molar-refractivity contribution in [2.45, 2.75) is 0 Å². The van der Waals surface area contributed by atoms with Crippen LogP contribution in [-0.2, 0) is 0 Å². The molecule has 0 aromatic heterocycles. The number of nitrogens with two attached hydrogens (primary N) is 2. The number of hydrogen-bond acceptors (Lipinski definition) is 3. The average molecular weight is 238 g/mol. The highest BCUT2D eigenvalue weighted by molar-refractivity contribution is 6.07. The maximum atomic E-state index is 11.8. The normalized spacial score (nSPS) is 10.7. The topological polar surface area (TPSA) is 69.1 Å². The van der Waals surface area contributed by atoms with E-state index in [2.05, 4.69) is 0 Å². The standard InChI is InChI=1S/C15H14N2O/c16-13-8-6-11(14(17)10-13)7-9-15(18)12-4-2-1-3-5-12/h1-10H,16-17H2. The number of rotatable bonds is 3. The lowest BCUT2D eigenvalue weighted by atomic mass is 10.1. The van der Waals surface area contributed by atoms with E-state index in [1.165, 1.54) is 6.08 Å². The second-order valence-electron chi connectivity index (χ2n) is 3.95. The summed E-state index contributed by atoms with van der Waals surface area (Å²) in [6.45, 7) is 0. The van der Waals surface area contributed by atoms with Gasteiger partial charge in [0.1, 0.15) is 0 Å². The molecule has 90 valence electrons. The largest absolute Gasteiger partial charge is 0.399 e. The molecule has 0 saturated heterocycles. The minimum Gasteiger partial charge on any atom is -0.399 e. The number of allylic oxidation sites excluding steroid dienone is 1. The molecule has 0 unspecified atom stereocenters. The zero-order valence-corrected chi connectivity index (χ0v) is 9.84. The van der Waals surface area contributed by atoms with Gasteiger partial charge in [-0.2, -0.15) is 0 Å². The molecule has 2 rings (SSSR count). The monoisotopic (exact) mass is 238 g/mol. The quantitative estimate of drug-likeness (QED) is 0.490. The van der Waals surface area contributed by atoms with E-state index in [4.69, 9.17) is 11.5 Å². The third-order valence-corrected chi connectivity index (χ3v) is 2.58. The predicted octanol–water partition coefficient (Wildman–Crippen LogP) is 2.75. The minimum atomic E-state index is -0.0492. The summed E-state index contributed by atoms with van der Waals surface area (Å²) >= 11 is 0. The molecule has 0 bridgehead atoms. The fraction of sp³-hybridized carbons (Fsp3) is 0. The van der Waals surface area contributed by atoms with Crippen molar-refractivity contribution in [1.29, 1.82) is 0 Å². The highest BCUT2D eigenvalue weighted by Gasteiger charge is 2.00. The van der Waals surface area contributed by atoms with Crippen LogP contribution in [0.15, 0.2) is 54.6 Å². The Morgan fingerprint density at radius 2 is 1.72 bits per heavy atom. The van der Waals surface area contributed by atoms with E-state index in [-0.39, 0.29) is 5.78 Å². The van der Waals surface area contributed by atoms with Crippen LogP contribution in [0.5, 0.6) is 0 Å². The molecule has 4 N–H and O–H groups in total. The molecule has 3 nitrogen and oxygen atoms in total. The molecule has 0 fully saturated rings. The molecule has 0 atom stereocenters. The summed E-state index contributed by atoms with van der Waals surface area (Å²) in [4.78, 5) is 11.8. The molecule has 0 spiro atoms. The first-order valence-electron chi connectivity index (χ1n) is 5.59. The van der Waals surface area contributed by atoms with Crippen molar-refractivity contribution >= 4 is 23.2 Å². The first kappa shape index (κ1) is 11.9. The number of carbonyl (C=O) groups excluding carboxylic acids is 1. The van der Waals surface area contributed by atoms with E-state index in [1.54, 1.807) is 36.4 Å². The summed E-state index contributed by atoms with van der Waals surface area (Å²) in [5, 5.41) is 0. The van der Waals surface area contributed by atoms with Crippen molar-refractivity contribution in [3.8, 4) is 0 Å². The Kier molecular flexibility index (Phi) is 3.44. The van der Waals surface area contributed by atoms with Crippen LogP contribution in [0, 0.1) is 0 Å². The summed E-state index contributed by atoms with van der Waals surface area (Å²) in [6.07, 6.45) is 3.21. The lowest BCUT2D eigenvalue weighted by Crippen LogP contribution is -1.95. The maximum Gasteiger partial charge on any atom is 0.185 e. The highest BCUT2D eigenvalue weighted by atomic mass is 16.1. The summed E-state index contributed by atoms with van der Waals surface area (Å²) in [5.74, 6) is -0.0492. The lowest BCUT2D eigenvalue weighted by Gasteiger charge is -2.01. The van der Waals surface area contributed by atoms with Gasteiger partial charge in [0.05, 0.1) is 0 Å². The van der Waals surface area contributed by atoms with Gasteiger partial charge >= 0.3 is 0 Å². The van der Waals surface area contributed by atoms with E-state index in [9.17, 15) is 4.79 Å². The smallest absolute Gasteiger partial charge is 0.185 e. The van der Waals surface area contributed by atoms with Gasteiger partial charge in [0.2, 0.25) is 0 Å². The van der Waals surface area contributed by atoms with Gasteiger partial charge in [-0.15, -0.1) is 0 Å². The molecule has 3 heteroatoms. The van der Waals surface area contributed by atoms with Gasteiger partial charge < -0.3 is 11.5 Å². The van der Waals surface area contributed by atoms with Crippen molar-refractivity contribution in [1.82, 2.24) is 0 Å². The summed E-state index contributed by atoms with van der Waals surface area (Å²) in [6, 6.07) is 14.3. The molecule has 0 aliphatic heterocycles. The fourth-order valence-electron chi connectivity index (χ4n) is 1.61. The Morgan fingerprint density at radius 1 is 1.00 bits per heavy atom. The number of carbonyl (C=O) groups is 1. The third kappa shape index (κ3) is 2.77. The Balaban J connectivity index is 2.19. The van der Waals surface area contributed by atoms with Gasteiger partial charge in [0.15, 0.2) is 5.78 Å². The van der Waals surface area contributed by atoms with E-state index in [1.807, 2.05) is 18.2 Å². The Morgan fingerprint density at radius 3 is 2.39 bits per heavy atom. The highest BCUT2D eigenvalue weighted by Crippen LogP contribution is 2.17. The maximum absolute atomic E-state index is 11.8. The van der Waals surface area contributed by atoms with Crippen LogP contribution in [-0.4, -0.2) is 5.78 Å². The van der Waals surface area contributed by atoms with Crippen LogP contribution >= 0.6 is 0 Å². The lowest BCUT2D eigenvalue weighted by molar-refractivity contribution is 0.104. The Hall–Kier alpha value is -2.55. The first-order chi connectivity index (χ1) is 8.66. The van der Waals surface area contributed by atoms with Crippen molar-refractivity contribution in [2.75, 3.05) is 11.5 Å². The third-order valence-electron chi connectivity index (χ3n) is 2.58. The summed E-state index contributed by atoms with van der Waals surface area (Å²) in [5.41, 5.74) is 14.0. The number of anilines is 2. The van der Waals surface area contributed by atoms with E-state index in [0.29, 0.717) is 16.9 Å². The van der Waals surface area contributed by atoms with Gasteiger partial charge in [-0.25, -0.2) is 0 Å². The molecule has 2 aromatic rings. The van der Waals surface area contributed by atoms with Crippen LogP contribution in [0.2, 0.25) is 0 Å². The minimum absolute atomic E-state index is 0.0492. The molecule has 0 amide bonds. The van der Waals surface area contributed by atoms with E-state index in [0.717, 1.165) is 5.56 Å². The molecule has 0 radical (unpaired) electrons. The zero-order chi connectivity index (χ0) is 13.0. The van der Waals surface area contributed by atoms with Crippen molar-refractivity contribution in [2.24, 2.45) is 0 Å². The molecule has 0 aliphatic rings. The number of hydrogen-bond donors (Lipinski definition) is 2. The van der Waals surface area contributed by atoms with E-state index >= 15 is 0 Å². The molecule has 2 aromatic carbocycles. The van der Waals surface area contributed by atoms with Gasteiger partial charge in [-0.05, 0) is 29.8 Å². The van der Waals surface area contributed by atoms with Gasteiger partial charge in [0, 0.05) is 16.9 Å². The molecular weight excluding hydrogens is 224 g/mol. The van der Waals surface area contributed by atoms with Gasteiger partial charge in [-0.3, -0.25) is 4.79 Å². The van der Waals surface area contributed by atoms with Crippen molar-refractivity contribution in [3.05, 3.63) is 65.7 Å². The van der Waals surface area contributed by atoms with Crippen LogP contribution in [0.1, 0.15) is 15.9 Å². The predicted molar refractivity (Wildman–Crippen MR) is 75.1 cm³/mol. The van der Waals surface area contributed by atoms with Crippen LogP contribution in [0.4, 0.5) is 11.4 Å².